The van der Waals surface area contributed by atoms with E-state index in [1.165, 1.54) is 180 Å². The molecule has 0 saturated heterocycles. The summed E-state index contributed by atoms with van der Waals surface area (Å²) in [7, 11) is 0. The van der Waals surface area contributed by atoms with Crippen molar-refractivity contribution in [3.63, 3.8) is 0 Å². The van der Waals surface area contributed by atoms with Crippen LogP contribution in [0.5, 0.6) is 0 Å². The second-order valence-electron chi connectivity index (χ2n) is 31.0. The molecule has 0 spiro atoms. The second kappa shape index (κ2) is 28.1. The lowest BCUT2D eigenvalue weighted by molar-refractivity contribution is 0.875. The predicted octanol–water partition coefficient (Wildman–Crippen LogP) is 21.9. The third-order valence-electron chi connectivity index (χ3n) is 25.0. The summed E-state index contributed by atoms with van der Waals surface area (Å²) in [5, 5.41) is 24.0. The quantitative estimate of drug-likeness (QED) is 0.121. The van der Waals surface area contributed by atoms with Gasteiger partial charge in [0, 0.05) is 51.2 Å². The van der Waals surface area contributed by atoms with Gasteiger partial charge in [-0.1, -0.05) is 381 Å². The van der Waals surface area contributed by atoms with Crippen LogP contribution in [0.15, 0.2) is 406 Å². The smallest absolute Gasteiger partial charge is 0.328 e. The van der Waals surface area contributed by atoms with Crippen LogP contribution >= 0.6 is 0 Å². The fraction of sp³-hybridized carbons (Fsp3) is 0.0370. The van der Waals surface area contributed by atoms with Crippen LogP contribution in [0.1, 0.15) is 17.9 Å². The van der Waals surface area contributed by atoms with Gasteiger partial charge in [-0.15, -0.1) is 0 Å². The van der Waals surface area contributed by atoms with Crippen LogP contribution < -0.4 is 57.2 Å². The van der Waals surface area contributed by atoms with Crippen LogP contribution in [0.25, 0.3) is 122 Å². The van der Waals surface area contributed by atoms with Crippen LogP contribution in [0, 0.1) is 0 Å². The van der Waals surface area contributed by atoms with Gasteiger partial charge in [-0.25, -0.2) is 0 Å². The molecule has 532 valence electrons. The van der Waals surface area contributed by atoms with Crippen molar-refractivity contribution in [1.29, 1.82) is 0 Å². The number of benzene rings is 19. The second-order valence-corrected chi connectivity index (χ2v) is 31.0. The van der Waals surface area contributed by atoms with Gasteiger partial charge >= 0.3 is 20.5 Å². The van der Waals surface area contributed by atoms with Crippen molar-refractivity contribution in [1.82, 2.24) is 0 Å². The Hall–Kier alpha value is -13.9. The fourth-order valence-corrected chi connectivity index (χ4v) is 20.3. The van der Waals surface area contributed by atoms with E-state index >= 15 is 0 Å². The minimum Gasteiger partial charge on any atom is -0.381 e. The molecule has 3 nitrogen and oxygen atoms in total. The first kappa shape index (κ1) is 67.0. The molecule has 24 rings (SSSR count). The molecule has 6 heteroatoms. The van der Waals surface area contributed by atoms with Gasteiger partial charge in [-0.05, 0) is 203 Å². The number of anilines is 6. The van der Waals surface area contributed by atoms with Crippen molar-refractivity contribution in [2.75, 3.05) is 14.4 Å². The maximum atomic E-state index is 2.60. The van der Waals surface area contributed by atoms with Gasteiger partial charge in [-0.3, -0.25) is 0 Å². The molecule has 3 aliphatic heterocycles. The van der Waals surface area contributed by atoms with E-state index in [1.54, 1.807) is 0 Å². The van der Waals surface area contributed by atoms with Crippen molar-refractivity contribution in [2.45, 2.75) is 24.0 Å². The molecule has 0 aromatic heterocycles. The number of hydrogen-bond acceptors (Lipinski definition) is 3. The molecule has 19 aromatic rings. The van der Waals surface area contributed by atoms with Gasteiger partial charge < -0.3 is 14.4 Å². The molecular weight excluding hydrogens is 1370 g/mol. The molecule has 3 heterocycles. The van der Waals surface area contributed by atoms with Crippen molar-refractivity contribution < 1.29 is 0 Å². The number of rotatable bonds is 6. The van der Waals surface area contributed by atoms with Crippen molar-refractivity contribution in [3.8, 4) is 22.3 Å². The summed E-state index contributed by atoms with van der Waals surface area (Å²) in [5.74, 6) is 0.889. The summed E-state index contributed by atoms with van der Waals surface area (Å²) in [6, 6.07) is 149. The van der Waals surface area contributed by atoms with Crippen LogP contribution in [0.4, 0.5) is 34.1 Å². The van der Waals surface area contributed by atoms with E-state index in [1.807, 2.05) is 0 Å². The number of para-hydroxylation sites is 5. The van der Waals surface area contributed by atoms with Crippen LogP contribution in [0.2, 0.25) is 11.6 Å². The zero-order valence-electron chi connectivity index (χ0n) is 63.0. The minimum atomic E-state index is 0.0754. The third-order valence-corrected chi connectivity index (χ3v) is 25.0. The summed E-state index contributed by atoms with van der Waals surface area (Å²) in [5.41, 5.74) is 19.5. The van der Waals surface area contributed by atoms with Crippen molar-refractivity contribution in [2.24, 2.45) is 0 Å². The first-order valence-corrected chi connectivity index (χ1v) is 40.3. The Morgan fingerprint density at radius 3 is 1.12 bits per heavy atom. The highest BCUT2D eigenvalue weighted by molar-refractivity contribution is 6.91. The molecule has 0 radical (unpaired) electrons. The maximum Gasteiger partial charge on any atom is 0.328 e. The van der Waals surface area contributed by atoms with Crippen LogP contribution in [-0.2, 0) is 0 Å². The molecule has 114 heavy (non-hydrogen) atoms. The minimum absolute atomic E-state index is 0.0754. The van der Waals surface area contributed by atoms with Crippen LogP contribution in [0.3, 0.4) is 0 Å². The SMILES string of the molecule is C1=c2c(c3ccccc3c3ccccc23)=CC(B2c3ccccc3-c3ccccc3N2c2ccccc2)C1.C1=c2c(c3ccccc3c3ccccc23)=CC2c3ccccc3N(c3ccccc3)B(c3ccccc3)C12.c1ccc(B2c3ccccc3-c3cc4c5ccccc5c5ccccc5c4cc3N2c2ccccc2)cc1. The summed E-state index contributed by atoms with van der Waals surface area (Å²) in [6.45, 7) is 0.442. The molecule has 0 amide bonds. The van der Waals surface area contributed by atoms with E-state index in [0.29, 0.717) is 5.82 Å². The zero-order valence-corrected chi connectivity index (χ0v) is 63.0. The molecular formula is C108H76B3N3. The average Bonchev–Trinajstić information content (AvgIpc) is 0.721. The largest absolute Gasteiger partial charge is 0.381 e. The van der Waals surface area contributed by atoms with Gasteiger partial charge in [-0.2, -0.15) is 0 Å². The molecule has 5 aliphatic rings. The lowest BCUT2D eigenvalue weighted by Crippen LogP contribution is -2.57. The van der Waals surface area contributed by atoms with Gasteiger partial charge in [0.2, 0.25) is 0 Å². The standard InChI is InChI=1S/C36H26BN.C36H24BN.C36H26BN/c1-3-13-25(14-4-1)37-35-24-33-30-20-10-8-18-28(30)27-17-7-9-19-29(27)32(33)23-34(35)31-21-11-12-22-36(31)38(37)26-15-5-2-6-16-26;1-3-13-25(14-4-1)37-35-22-12-11-21-31(35)34-23-32-29-19-9-7-17-27(29)28-18-8-10-20-30(28)33(32)24-36(34)38(37)26-15-5-2-6-16-26;1-2-12-26(13-3-1)38-36-21-11-9-19-33(36)32-18-8-10-20-35(32)37(38)25-22-23-31-29-16-5-4-14-27(29)28-15-6-7-17-30(28)34(31)24-25/h1-24,34-35H;1-24H;1-21,23-25H,22H2. The molecule has 2 aliphatic carbocycles. The van der Waals surface area contributed by atoms with Crippen molar-refractivity contribution >= 4 is 176 Å². The Kier molecular flexibility index (Phi) is 16.5. The van der Waals surface area contributed by atoms with E-state index in [0.717, 1.165) is 6.42 Å². The highest BCUT2D eigenvalue weighted by atomic mass is 15.1. The van der Waals surface area contributed by atoms with Crippen LogP contribution in [-0.4, -0.2) is 20.5 Å². The van der Waals surface area contributed by atoms with E-state index in [9.17, 15) is 0 Å². The molecule has 19 aromatic carbocycles. The van der Waals surface area contributed by atoms with E-state index in [2.05, 4.69) is 445 Å². The first-order chi connectivity index (χ1) is 56.6. The Morgan fingerprint density at radius 2 is 0.588 bits per heavy atom. The third kappa shape index (κ3) is 11.1. The normalized spacial score (nSPS) is 15.4. The summed E-state index contributed by atoms with van der Waals surface area (Å²) in [6.07, 6.45) is 11.3. The monoisotopic (exact) mass is 1450 g/mol. The molecule has 0 bridgehead atoms. The lowest BCUT2D eigenvalue weighted by Gasteiger charge is -2.45. The van der Waals surface area contributed by atoms with Gasteiger partial charge in [0.25, 0.3) is 0 Å². The summed E-state index contributed by atoms with van der Waals surface area (Å²) in [4.78, 5) is 7.70. The molecule has 0 saturated carbocycles. The average molecular weight is 1450 g/mol. The van der Waals surface area contributed by atoms with E-state index < -0.39 is 0 Å². The van der Waals surface area contributed by atoms with Gasteiger partial charge in [0.15, 0.2) is 0 Å². The van der Waals surface area contributed by atoms with Crippen molar-refractivity contribution in [3.05, 3.63) is 433 Å². The van der Waals surface area contributed by atoms with Gasteiger partial charge in [0.1, 0.15) is 0 Å². The number of fused-ring (bicyclic) bond motifs is 27. The Balaban J connectivity index is 0.000000104. The molecule has 0 N–H and O–H groups in total. The molecule has 3 unspecified atom stereocenters. The number of nitrogens with zero attached hydrogens (tertiary/aromatic N) is 3. The molecule has 3 atom stereocenters. The first-order valence-electron chi connectivity index (χ1n) is 40.3. The Morgan fingerprint density at radius 1 is 0.228 bits per heavy atom. The number of hydrogen-bond donors (Lipinski definition) is 0. The predicted molar refractivity (Wildman–Crippen MR) is 491 cm³/mol. The zero-order chi connectivity index (χ0) is 75.2. The van der Waals surface area contributed by atoms with E-state index in [-0.39, 0.29) is 32.3 Å². The molecule has 0 fully saturated rings. The van der Waals surface area contributed by atoms with E-state index in [4.69, 9.17) is 0 Å². The fourth-order valence-electron chi connectivity index (χ4n) is 20.3. The Bertz CT molecular complexity index is 7280. The highest BCUT2D eigenvalue weighted by Gasteiger charge is 2.46. The lowest BCUT2D eigenvalue weighted by atomic mass is 9.39. The summed E-state index contributed by atoms with van der Waals surface area (Å²) >= 11 is 0. The van der Waals surface area contributed by atoms with Gasteiger partial charge in [0.05, 0.1) is 0 Å². The summed E-state index contributed by atoms with van der Waals surface area (Å²) < 4.78 is 0. The highest BCUT2D eigenvalue weighted by Crippen LogP contribution is 2.51. The topological polar surface area (TPSA) is 9.72 Å². The Labute approximate surface area is 665 Å². The maximum absolute atomic E-state index is 2.60.